The quantitative estimate of drug-likeness (QED) is 0.291. The molecular formula is C19H15N3O5S. The summed E-state index contributed by atoms with van der Waals surface area (Å²) in [6, 6.07) is 11.1. The zero-order chi connectivity index (χ0) is 20.3. The second kappa shape index (κ2) is 7.97. The number of methoxy groups -OCH3 is 1. The fraction of sp³-hybridized carbons (Fsp3) is 0.105. The summed E-state index contributed by atoms with van der Waals surface area (Å²) in [7, 11) is 3.08. The van der Waals surface area contributed by atoms with Crippen LogP contribution >= 0.6 is 11.3 Å². The van der Waals surface area contributed by atoms with Crippen molar-refractivity contribution in [2.24, 2.45) is 12.0 Å². The second-order valence-electron chi connectivity index (χ2n) is 5.75. The Balaban J connectivity index is 1.90. The van der Waals surface area contributed by atoms with E-state index in [2.05, 4.69) is 4.99 Å². The van der Waals surface area contributed by atoms with Crippen LogP contribution in [0.15, 0.2) is 53.5 Å². The number of aryl methyl sites for hydroxylation is 1. The third-order valence-corrected chi connectivity index (χ3v) is 5.03. The number of amides is 1. The highest BCUT2D eigenvalue weighted by Crippen LogP contribution is 2.19. The number of thiazole rings is 1. The molecule has 2 aromatic carbocycles. The van der Waals surface area contributed by atoms with E-state index in [1.165, 1.54) is 42.7 Å². The van der Waals surface area contributed by atoms with Gasteiger partial charge in [-0.25, -0.2) is 4.79 Å². The number of hydrogen-bond donors (Lipinski definition) is 0. The molecule has 0 atom stereocenters. The first kappa shape index (κ1) is 19.2. The van der Waals surface area contributed by atoms with Gasteiger partial charge in [-0.05, 0) is 29.8 Å². The van der Waals surface area contributed by atoms with Gasteiger partial charge in [0.15, 0.2) is 4.80 Å². The van der Waals surface area contributed by atoms with Gasteiger partial charge in [-0.3, -0.25) is 14.9 Å². The lowest BCUT2D eigenvalue weighted by Gasteiger charge is -1.99. The van der Waals surface area contributed by atoms with Crippen molar-refractivity contribution in [1.82, 2.24) is 4.57 Å². The average molecular weight is 397 g/mol. The standard InChI is InChI=1S/C19H15N3O5S/c1-21-15-8-7-13(18(24)27-2)11-16(15)28-19(21)20-17(23)9-6-12-4-3-5-14(10-12)22(25)26/h3-11H,1-2H3/b9-6+,20-19?. The number of aromatic nitrogens is 1. The number of hydrogen-bond acceptors (Lipinski definition) is 6. The van der Waals surface area contributed by atoms with Crippen molar-refractivity contribution in [3.05, 3.63) is 74.6 Å². The Morgan fingerprint density at radius 3 is 2.75 bits per heavy atom. The van der Waals surface area contributed by atoms with Crippen LogP contribution in [0.3, 0.4) is 0 Å². The van der Waals surface area contributed by atoms with Crippen LogP contribution in [0, 0.1) is 10.1 Å². The van der Waals surface area contributed by atoms with E-state index in [1.807, 2.05) is 0 Å². The lowest BCUT2D eigenvalue weighted by Crippen LogP contribution is -2.12. The summed E-state index contributed by atoms with van der Waals surface area (Å²) in [6.07, 6.45) is 2.73. The van der Waals surface area contributed by atoms with Gasteiger partial charge in [-0.2, -0.15) is 4.99 Å². The SMILES string of the molecule is COC(=O)c1ccc2c(c1)sc(=NC(=O)/C=C/c1cccc([N+](=O)[O-])c1)n2C. The van der Waals surface area contributed by atoms with Crippen molar-refractivity contribution >= 4 is 45.2 Å². The highest BCUT2D eigenvalue weighted by atomic mass is 32.1. The molecule has 0 radical (unpaired) electrons. The molecule has 0 aliphatic heterocycles. The monoisotopic (exact) mass is 397 g/mol. The molecular weight excluding hydrogens is 382 g/mol. The molecule has 0 aliphatic carbocycles. The summed E-state index contributed by atoms with van der Waals surface area (Å²) in [5.74, 6) is -0.936. The lowest BCUT2D eigenvalue weighted by atomic mass is 10.2. The van der Waals surface area contributed by atoms with E-state index in [-0.39, 0.29) is 5.69 Å². The number of esters is 1. The van der Waals surface area contributed by atoms with Gasteiger partial charge < -0.3 is 9.30 Å². The minimum atomic E-state index is -0.498. The Morgan fingerprint density at radius 2 is 2.04 bits per heavy atom. The largest absolute Gasteiger partial charge is 0.465 e. The molecule has 1 heterocycles. The van der Waals surface area contributed by atoms with Crippen LogP contribution in [-0.4, -0.2) is 28.5 Å². The van der Waals surface area contributed by atoms with Crippen molar-refractivity contribution in [3.63, 3.8) is 0 Å². The normalized spacial score (nSPS) is 11.9. The number of nitro benzene ring substituents is 1. The third-order valence-electron chi connectivity index (χ3n) is 3.94. The predicted octanol–water partition coefficient (Wildman–Crippen LogP) is 3.08. The summed E-state index contributed by atoms with van der Waals surface area (Å²) >= 11 is 1.27. The van der Waals surface area contributed by atoms with E-state index >= 15 is 0 Å². The number of rotatable bonds is 4. The second-order valence-corrected chi connectivity index (χ2v) is 6.76. The minimum Gasteiger partial charge on any atom is -0.465 e. The van der Waals surface area contributed by atoms with Crippen LogP contribution in [0.4, 0.5) is 5.69 Å². The molecule has 0 saturated heterocycles. The van der Waals surface area contributed by atoms with Gasteiger partial charge in [0.25, 0.3) is 11.6 Å². The number of benzene rings is 2. The Hall–Kier alpha value is -3.59. The topological polar surface area (TPSA) is 104 Å². The molecule has 1 amide bonds. The van der Waals surface area contributed by atoms with Crippen LogP contribution in [-0.2, 0) is 16.6 Å². The lowest BCUT2D eigenvalue weighted by molar-refractivity contribution is -0.384. The van der Waals surface area contributed by atoms with Crippen LogP contribution in [0.25, 0.3) is 16.3 Å². The van der Waals surface area contributed by atoms with Gasteiger partial charge in [0, 0.05) is 25.3 Å². The molecule has 28 heavy (non-hydrogen) atoms. The Labute approximate surface area is 163 Å². The van der Waals surface area contributed by atoms with Crippen LogP contribution in [0.5, 0.6) is 0 Å². The van der Waals surface area contributed by atoms with Gasteiger partial charge in [-0.15, -0.1) is 0 Å². The smallest absolute Gasteiger partial charge is 0.337 e. The summed E-state index contributed by atoms with van der Waals surface area (Å²) in [5, 5.41) is 10.8. The van der Waals surface area contributed by atoms with E-state index < -0.39 is 16.8 Å². The van der Waals surface area contributed by atoms with E-state index in [0.717, 1.165) is 10.2 Å². The zero-order valence-electron chi connectivity index (χ0n) is 15.0. The maximum atomic E-state index is 12.2. The van der Waals surface area contributed by atoms with E-state index in [9.17, 15) is 19.7 Å². The summed E-state index contributed by atoms with van der Waals surface area (Å²) in [5.41, 5.74) is 1.72. The molecule has 3 aromatic rings. The first-order valence-corrected chi connectivity index (χ1v) is 8.90. The molecule has 142 valence electrons. The number of non-ortho nitro benzene ring substituents is 1. The fourth-order valence-electron chi connectivity index (χ4n) is 2.53. The van der Waals surface area contributed by atoms with E-state index in [4.69, 9.17) is 4.74 Å². The molecule has 0 saturated carbocycles. The van der Waals surface area contributed by atoms with Gasteiger partial charge in [0.2, 0.25) is 0 Å². The number of carbonyl (C=O) groups excluding carboxylic acids is 2. The average Bonchev–Trinajstić information content (AvgIpc) is 3.00. The number of nitro groups is 1. The fourth-order valence-corrected chi connectivity index (χ4v) is 3.59. The number of ether oxygens (including phenoxy) is 1. The number of nitrogens with zero attached hydrogens (tertiary/aromatic N) is 3. The molecule has 0 fully saturated rings. The van der Waals surface area contributed by atoms with Crippen LogP contribution in [0.1, 0.15) is 15.9 Å². The minimum absolute atomic E-state index is 0.0520. The van der Waals surface area contributed by atoms with Gasteiger partial charge >= 0.3 is 5.97 Å². The molecule has 0 aliphatic rings. The van der Waals surface area contributed by atoms with Gasteiger partial charge in [-0.1, -0.05) is 23.5 Å². The molecule has 0 bridgehead atoms. The molecule has 3 rings (SSSR count). The maximum absolute atomic E-state index is 12.2. The van der Waals surface area contributed by atoms with Crippen molar-refractivity contribution in [1.29, 1.82) is 0 Å². The first-order chi connectivity index (χ1) is 13.4. The number of fused-ring (bicyclic) bond motifs is 1. The predicted molar refractivity (Wildman–Crippen MR) is 105 cm³/mol. The summed E-state index contributed by atoms with van der Waals surface area (Å²) < 4.78 is 7.26. The van der Waals surface area contributed by atoms with E-state index in [1.54, 1.807) is 41.9 Å². The van der Waals surface area contributed by atoms with Crippen molar-refractivity contribution in [2.75, 3.05) is 7.11 Å². The zero-order valence-corrected chi connectivity index (χ0v) is 15.8. The Bertz CT molecular complexity index is 1190. The first-order valence-electron chi connectivity index (χ1n) is 8.08. The van der Waals surface area contributed by atoms with E-state index in [0.29, 0.717) is 15.9 Å². The van der Waals surface area contributed by atoms with Crippen molar-refractivity contribution in [2.45, 2.75) is 0 Å². The van der Waals surface area contributed by atoms with Crippen molar-refractivity contribution < 1.29 is 19.2 Å². The van der Waals surface area contributed by atoms with Gasteiger partial charge in [0.1, 0.15) is 0 Å². The van der Waals surface area contributed by atoms with Crippen LogP contribution in [0.2, 0.25) is 0 Å². The highest BCUT2D eigenvalue weighted by Gasteiger charge is 2.10. The molecule has 1 aromatic heterocycles. The van der Waals surface area contributed by atoms with Gasteiger partial charge in [0.05, 0.1) is 27.8 Å². The summed E-state index contributed by atoms with van der Waals surface area (Å²) in [6.45, 7) is 0. The molecule has 9 heteroatoms. The van der Waals surface area contributed by atoms with Crippen molar-refractivity contribution in [3.8, 4) is 0 Å². The third kappa shape index (κ3) is 4.04. The highest BCUT2D eigenvalue weighted by molar-refractivity contribution is 7.16. The Morgan fingerprint density at radius 1 is 1.25 bits per heavy atom. The molecule has 8 nitrogen and oxygen atoms in total. The maximum Gasteiger partial charge on any atom is 0.337 e. The molecule has 0 unspecified atom stereocenters. The molecule has 0 N–H and O–H groups in total. The Kier molecular flexibility index (Phi) is 5.46. The van der Waals surface area contributed by atoms with Crippen LogP contribution < -0.4 is 4.80 Å². The summed E-state index contributed by atoms with van der Waals surface area (Å²) in [4.78, 5) is 38.7. The molecule has 0 spiro atoms. The number of carbonyl (C=O) groups is 2.